The molecule has 0 aliphatic carbocycles. The second kappa shape index (κ2) is 10.0. The lowest BCUT2D eigenvalue weighted by Crippen LogP contribution is -2.29. The van der Waals surface area contributed by atoms with Crippen molar-refractivity contribution in [2.75, 3.05) is 19.7 Å². The molecule has 0 heterocycles. The molecule has 5 nitrogen and oxygen atoms in total. The van der Waals surface area contributed by atoms with Crippen LogP contribution in [0.25, 0.3) is 0 Å². The molecule has 0 aliphatic heterocycles. The Labute approximate surface area is 130 Å². The van der Waals surface area contributed by atoms with Crippen LogP contribution in [0.15, 0.2) is 18.2 Å². The summed E-state index contributed by atoms with van der Waals surface area (Å²) in [7, 11) is 0. The molecule has 1 aromatic rings. The number of nitriles is 1. The third-order valence-electron chi connectivity index (χ3n) is 2.70. The van der Waals surface area contributed by atoms with Gasteiger partial charge in [0, 0.05) is 18.7 Å². The number of amides is 1. The quantitative estimate of drug-likeness (QED) is 0.686. The van der Waals surface area contributed by atoms with Crippen LogP contribution in [-0.4, -0.2) is 25.6 Å². The highest BCUT2D eigenvalue weighted by Crippen LogP contribution is 2.28. The number of halogens is 1. The summed E-state index contributed by atoms with van der Waals surface area (Å²) in [6, 6.07) is 7.46. The van der Waals surface area contributed by atoms with Crippen molar-refractivity contribution in [1.82, 2.24) is 10.6 Å². The molecule has 6 heteroatoms. The van der Waals surface area contributed by atoms with Gasteiger partial charge in [-0.05, 0) is 19.0 Å². The Bertz CT molecular complexity index is 500. The normalized spacial score (nSPS) is 9.95. The minimum absolute atomic E-state index is 0.115. The van der Waals surface area contributed by atoms with Gasteiger partial charge in [-0.25, -0.2) is 0 Å². The van der Waals surface area contributed by atoms with Gasteiger partial charge >= 0.3 is 0 Å². The number of ether oxygens (including phenoxy) is 1. The van der Waals surface area contributed by atoms with Crippen molar-refractivity contribution in [1.29, 1.82) is 5.26 Å². The van der Waals surface area contributed by atoms with E-state index >= 15 is 0 Å². The van der Waals surface area contributed by atoms with E-state index in [1.165, 1.54) is 0 Å². The molecule has 0 fully saturated rings. The molecule has 0 unspecified atom stereocenters. The molecule has 21 heavy (non-hydrogen) atoms. The third-order valence-corrected chi connectivity index (χ3v) is 2.99. The number of para-hydroxylation sites is 1. The van der Waals surface area contributed by atoms with Crippen LogP contribution in [0.5, 0.6) is 5.75 Å². The van der Waals surface area contributed by atoms with Crippen molar-refractivity contribution < 1.29 is 9.53 Å². The molecule has 114 valence electrons. The Balaban J connectivity index is 2.56. The first kappa shape index (κ1) is 17.3. The number of hydrogen-bond donors (Lipinski definition) is 2. The van der Waals surface area contributed by atoms with Gasteiger partial charge in [0.1, 0.15) is 5.75 Å². The number of carbonyl (C=O) groups is 1. The largest absolute Gasteiger partial charge is 0.482 e. The molecule has 1 amide bonds. The summed E-state index contributed by atoms with van der Waals surface area (Å²) < 4.78 is 5.52. The summed E-state index contributed by atoms with van der Waals surface area (Å²) in [6.45, 7) is 3.84. The first-order valence-corrected chi connectivity index (χ1v) is 7.31. The first-order chi connectivity index (χ1) is 10.2. The maximum absolute atomic E-state index is 11.6. The maximum atomic E-state index is 11.6. The maximum Gasteiger partial charge on any atom is 0.257 e. The Morgan fingerprint density at radius 2 is 2.24 bits per heavy atom. The third kappa shape index (κ3) is 6.48. The van der Waals surface area contributed by atoms with Gasteiger partial charge in [0.2, 0.25) is 0 Å². The van der Waals surface area contributed by atoms with E-state index < -0.39 is 0 Å². The van der Waals surface area contributed by atoms with Crippen LogP contribution in [0, 0.1) is 11.3 Å². The molecule has 1 aromatic carbocycles. The fourth-order valence-corrected chi connectivity index (χ4v) is 1.95. The predicted molar refractivity (Wildman–Crippen MR) is 82.2 cm³/mol. The van der Waals surface area contributed by atoms with E-state index in [1.54, 1.807) is 6.07 Å². The Morgan fingerprint density at radius 3 is 2.95 bits per heavy atom. The van der Waals surface area contributed by atoms with E-state index in [0.29, 0.717) is 23.9 Å². The monoisotopic (exact) mass is 309 g/mol. The highest BCUT2D eigenvalue weighted by Gasteiger charge is 2.10. The number of nitrogens with zero attached hydrogens (tertiary/aromatic N) is 1. The summed E-state index contributed by atoms with van der Waals surface area (Å²) in [6.07, 6.45) is 1.32. The van der Waals surface area contributed by atoms with Gasteiger partial charge in [-0.15, -0.1) is 0 Å². The standard InChI is InChI=1S/C15H20ClN3O2/c1-2-8-18-10-12-5-3-6-13(16)15(12)21-11-14(20)19-9-4-7-17/h3,5-6,18H,2,4,8-11H2,1H3,(H,19,20). The van der Waals surface area contributed by atoms with Crippen LogP contribution < -0.4 is 15.4 Å². The molecule has 1 rings (SSSR count). The molecule has 0 atom stereocenters. The lowest BCUT2D eigenvalue weighted by Gasteiger charge is -2.13. The molecule has 0 spiro atoms. The van der Waals surface area contributed by atoms with Crippen molar-refractivity contribution in [3.05, 3.63) is 28.8 Å². The first-order valence-electron chi connectivity index (χ1n) is 6.93. The summed E-state index contributed by atoms with van der Waals surface area (Å²) in [5.41, 5.74) is 0.917. The van der Waals surface area contributed by atoms with E-state index in [-0.39, 0.29) is 18.9 Å². The zero-order valence-corrected chi connectivity index (χ0v) is 12.9. The molecule has 2 N–H and O–H groups in total. The summed E-state index contributed by atoms with van der Waals surface area (Å²) in [5.74, 6) is 0.260. The second-order valence-corrected chi connectivity index (χ2v) is 4.86. The molecule has 0 radical (unpaired) electrons. The van der Waals surface area contributed by atoms with Crippen LogP contribution in [0.3, 0.4) is 0 Å². The Morgan fingerprint density at radius 1 is 1.43 bits per heavy atom. The van der Waals surface area contributed by atoms with E-state index in [1.807, 2.05) is 18.2 Å². The number of carbonyl (C=O) groups excluding carboxylic acids is 1. The second-order valence-electron chi connectivity index (χ2n) is 4.45. The molecule has 0 saturated heterocycles. The summed E-state index contributed by atoms with van der Waals surface area (Å²) in [5, 5.41) is 14.8. The zero-order chi connectivity index (χ0) is 15.5. The van der Waals surface area contributed by atoms with Crippen molar-refractivity contribution in [3.8, 4) is 11.8 Å². The molecule has 0 aromatic heterocycles. The van der Waals surface area contributed by atoms with Crippen LogP contribution in [0.1, 0.15) is 25.3 Å². The zero-order valence-electron chi connectivity index (χ0n) is 12.1. The van der Waals surface area contributed by atoms with Gasteiger partial charge in [-0.1, -0.05) is 30.7 Å². The fourth-order valence-electron chi connectivity index (χ4n) is 1.70. The van der Waals surface area contributed by atoms with E-state index in [4.69, 9.17) is 21.6 Å². The highest BCUT2D eigenvalue weighted by molar-refractivity contribution is 6.32. The number of hydrogen-bond acceptors (Lipinski definition) is 4. The molecule has 0 aliphatic rings. The average Bonchev–Trinajstić information content (AvgIpc) is 2.47. The lowest BCUT2D eigenvalue weighted by molar-refractivity contribution is -0.123. The number of nitrogens with one attached hydrogen (secondary N) is 2. The predicted octanol–water partition coefficient (Wildman–Crippen LogP) is 2.25. The van der Waals surface area contributed by atoms with E-state index in [9.17, 15) is 4.79 Å². The summed E-state index contributed by atoms with van der Waals surface area (Å²) >= 11 is 6.12. The Kier molecular flexibility index (Phi) is 8.25. The van der Waals surface area contributed by atoms with Crippen LogP contribution in [0.2, 0.25) is 5.02 Å². The molecule has 0 bridgehead atoms. The van der Waals surface area contributed by atoms with E-state index in [2.05, 4.69) is 17.6 Å². The van der Waals surface area contributed by atoms with E-state index in [0.717, 1.165) is 18.5 Å². The van der Waals surface area contributed by atoms with Gasteiger partial charge in [0.05, 0.1) is 17.5 Å². The van der Waals surface area contributed by atoms with Crippen LogP contribution in [0.4, 0.5) is 0 Å². The topological polar surface area (TPSA) is 74.2 Å². The fraction of sp³-hybridized carbons (Fsp3) is 0.467. The summed E-state index contributed by atoms with van der Waals surface area (Å²) in [4.78, 5) is 11.6. The van der Waals surface area contributed by atoms with Gasteiger partial charge < -0.3 is 15.4 Å². The Hall–Kier alpha value is -1.77. The van der Waals surface area contributed by atoms with Crippen molar-refractivity contribution in [2.45, 2.75) is 26.3 Å². The molecular weight excluding hydrogens is 290 g/mol. The SMILES string of the molecule is CCCNCc1cccc(Cl)c1OCC(=O)NCCC#N. The van der Waals surface area contributed by atoms with Crippen LogP contribution in [-0.2, 0) is 11.3 Å². The van der Waals surface area contributed by atoms with Crippen LogP contribution >= 0.6 is 11.6 Å². The van der Waals surface area contributed by atoms with Gasteiger partial charge in [-0.2, -0.15) is 5.26 Å². The van der Waals surface area contributed by atoms with Crippen molar-refractivity contribution in [2.24, 2.45) is 0 Å². The van der Waals surface area contributed by atoms with Crippen molar-refractivity contribution >= 4 is 17.5 Å². The molecular formula is C15H20ClN3O2. The minimum Gasteiger partial charge on any atom is -0.482 e. The number of benzene rings is 1. The molecule has 0 saturated carbocycles. The van der Waals surface area contributed by atoms with Crippen molar-refractivity contribution in [3.63, 3.8) is 0 Å². The smallest absolute Gasteiger partial charge is 0.257 e. The highest BCUT2D eigenvalue weighted by atomic mass is 35.5. The van der Waals surface area contributed by atoms with Gasteiger partial charge in [0.25, 0.3) is 5.91 Å². The van der Waals surface area contributed by atoms with Gasteiger partial charge in [0.15, 0.2) is 6.61 Å². The average molecular weight is 310 g/mol. The van der Waals surface area contributed by atoms with Gasteiger partial charge in [-0.3, -0.25) is 4.79 Å². The number of rotatable bonds is 9. The lowest BCUT2D eigenvalue weighted by atomic mass is 10.2. The minimum atomic E-state index is -0.266.